The van der Waals surface area contributed by atoms with Gasteiger partial charge in [0.25, 0.3) is 5.91 Å². The van der Waals surface area contributed by atoms with Gasteiger partial charge >= 0.3 is 0 Å². The first-order valence-corrected chi connectivity index (χ1v) is 11.8. The Balaban J connectivity index is 1.14. The number of pyridine rings is 3. The first-order valence-electron chi connectivity index (χ1n) is 11.8. The van der Waals surface area contributed by atoms with Gasteiger partial charge in [0.2, 0.25) is 5.88 Å². The number of fused-ring (bicyclic) bond motifs is 2. The lowest BCUT2D eigenvalue weighted by Gasteiger charge is -2.32. The fourth-order valence-corrected chi connectivity index (χ4v) is 4.86. The largest absolute Gasteiger partial charge is 0.481 e. The summed E-state index contributed by atoms with van der Waals surface area (Å²) in [5.74, 6) is 2.01. The van der Waals surface area contributed by atoms with Gasteiger partial charge in [-0.15, -0.1) is 0 Å². The van der Waals surface area contributed by atoms with Crippen molar-refractivity contribution in [3.8, 4) is 11.6 Å². The maximum atomic E-state index is 11.5. The van der Waals surface area contributed by atoms with Crippen molar-refractivity contribution >= 4 is 22.8 Å². The second kappa shape index (κ2) is 9.90. The van der Waals surface area contributed by atoms with Crippen molar-refractivity contribution in [2.45, 2.75) is 50.7 Å². The predicted molar refractivity (Wildman–Crippen MR) is 129 cm³/mol. The average molecular weight is 463 g/mol. The van der Waals surface area contributed by atoms with E-state index < -0.39 is 0 Å². The minimum atomic E-state index is -0.172. The summed E-state index contributed by atoms with van der Waals surface area (Å²) in [6, 6.07) is 10.1. The molecule has 3 aromatic rings. The van der Waals surface area contributed by atoms with Crippen LogP contribution in [-0.2, 0) is 17.8 Å². The zero-order valence-electron chi connectivity index (χ0n) is 19.3. The fourth-order valence-electron chi connectivity index (χ4n) is 4.86. The second-order valence-electron chi connectivity index (χ2n) is 9.04. The van der Waals surface area contributed by atoms with Crippen molar-refractivity contribution in [1.82, 2.24) is 20.3 Å². The number of aromatic nitrogens is 3. The summed E-state index contributed by atoms with van der Waals surface area (Å²) in [5, 5.41) is 6.37. The highest BCUT2D eigenvalue weighted by Crippen LogP contribution is 2.30. The lowest BCUT2D eigenvalue weighted by atomic mass is 9.80. The highest BCUT2D eigenvalue weighted by atomic mass is 16.5. The van der Waals surface area contributed by atoms with Gasteiger partial charge in [-0.1, -0.05) is 0 Å². The molecule has 0 radical (unpaired) electrons. The van der Waals surface area contributed by atoms with E-state index in [1.54, 1.807) is 7.11 Å². The van der Waals surface area contributed by atoms with Crippen LogP contribution >= 0.6 is 0 Å². The standard InChI is InChI=1S/C25H30N6O3/c1-33-23-9-7-20-24(31-23)16(10-11-27-20)12-19(26)15-2-4-17(5-3-15)28-13-18-6-8-21-25(29-18)30-22(32)14-34-21/h6-11,15,17,19,28H,2-5,12-14,26H2,1H3,(H,29,30,32)/t15-,17-,19?. The molecule has 178 valence electrons. The van der Waals surface area contributed by atoms with Gasteiger partial charge in [-0.25, -0.2) is 9.97 Å². The number of carbonyl (C=O) groups is 1. The van der Waals surface area contributed by atoms with E-state index in [4.69, 9.17) is 15.2 Å². The molecule has 9 heteroatoms. The normalized spacial score (nSPS) is 20.8. The number of nitrogens with zero attached hydrogens (tertiary/aromatic N) is 3. The van der Waals surface area contributed by atoms with Crippen LogP contribution in [0.15, 0.2) is 36.5 Å². The van der Waals surface area contributed by atoms with Gasteiger partial charge in [0.05, 0.1) is 23.8 Å². The van der Waals surface area contributed by atoms with Gasteiger partial charge in [0, 0.05) is 30.9 Å². The number of hydrogen-bond acceptors (Lipinski definition) is 8. The van der Waals surface area contributed by atoms with Crippen molar-refractivity contribution in [1.29, 1.82) is 0 Å². The minimum Gasteiger partial charge on any atom is -0.481 e. The summed E-state index contributed by atoms with van der Waals surface area (Å²) < 4.78 is 10.7. The summed E-state index contributed by atoms with van der Waals surface area (Å²) in [7, 11) is 1.62. The van der Waals surface area contributed by atoms with E-state index in [0.717, 1.165) is 54.4 Å². The highest BCUT2D eigenvalue weighted by molar-refractivity contribution is 5.94. The number of ether oxygens (including phenoxy) is 2. The van der Waals surface area contributed by atoms with Gasteiger partial charge in [0.1, 0.15) is 0 Å². The highest BCUT2D eigenvalue weighted by Gasteiger charge is 2.26. The smallest absolute Gasteiger partial charge is 0.263 e. The molecule has 0 bridgehead atoms. The van der Waals surface area contributed by atoms with Crippen molar-refractivity contribution in [2.75, 3.05) is 19.0 Å². The zero-order valence-corrected chi connectivity index (χ0v) is 19.3. The van der Waals surface area contributed by atoms with Crippen LogP contribution in [0.2, 0.25) is 0 Å². The first-order chi connectivity index (χ1) is 16.6. The maximum absolute atomic E-state index is 11.5. The van der Waals surface area contributed by atoms with Crippen molar-refractivity contribution in [3.63, 3.8) is 0 Å². The van der Waals surface area contributed by atoms with Gasteiger partial charge in [-0.05, 0) is 67.9 Å². The van der Waals surface area contributed by atoms with E-state index in [2.05, 4.69) is 25.6 Å². The number of hydrogen-bond donors (Lipinski definition) is 3. The monoisotopic (exact) mass is 462 g/mol. The first kappa shape index (κ1) is 22.5. The van der Waals surface area contributed by atoms with Crippen LogP contribution in [0, 0.1) is 5.92 Å². The summed E-state index contributed by atoms with van der Waals surface area (Å²) >= 11 is 0. The molecule has 3 aromatic heterocycles. The predicted octanol–water partition coefficient (Wildman–Crippen LogP) is 2.58. The Morgan fingerprint density at radius 1 is 1.18 bits per heavy atom. The van der Waals surface area contributed by atoms with E-state index in [0.29, 0.717) is 36.0 Å². The topological polar surface area (TPSA) is 124 Å². The number of nitrogens with one attached hydrogen (secondary N) is 2. The molecule has 1 aliphatic carbocycles. The Kier molecular flexibility index (Phi) is 6.55. The van der Waals surface area contributed by atoms with Crippen LogP contribution in [0.5, 0.6) is 11.6 Å². The third-order valence-electron chi connectivity index (χ3n) is 6.79. The second-order valence-corrected chi connectivity index (χ2v) is 9.04. The molecule has 1 fully saturated rings. The van der Waals surface area contributed by atoms with E-state index in [9.17, 15) is 4.79 Å². The Morgan fingerprint density at radius 2 is 2.03 bits per heavy atom. The lowest BCUT2D eigenvalue weighted by molar-refractivity contribution is -0.118. The van der Waals surface area contributed by atoms with E-state index in [1.165, 1.54) is 0 Å². The maximum Gasteiger partial charge on any atom is 0.263 e. The van der Waals surface area contributed by atoms with Crippen molar-refractivity contribution in [2.24, 2.45) is 11.7 Å². The summed E-state index contributed by atoms with van der Waals surface area (Å²) in [5.41, 5.74) is 10.4. The van der Waals surface area contributed by atoms with E-state index >= 15 is 0 Å². The van der Waals surface area contributed by atoms with E-state index in [1.807, 2.05) is 36.5 Å². The molecular formula is C25H30N6O3. The average Bonchev–Trinajstić information content (AvgIpc) is 2.87. The molecule has 0 spiro atoms. The molecule has 0 saturated heterocycles. The molecule has 2 aliphatic rings. The van der Waals surface area contributed by atoms with Gasteiger partial charge in [0.15, 0.2) is 18.2 Å². The van der Waals surface area contributed by atoms with Crippen LogP contribution in [-0.4, -0.2) is 46.7 Å². The van der Waals surface area contributed by atoms with Crippen LogP contribution < -0.4 is 25.8 Å². The Labute approximate surface area is 198 Å². The molecule has 4 heterocycles. The number of methoxy groups -OCH3 is 1. The quantitative estimate of drug-likeness (QED) is 0.489. The number of rotatable bonds is 7. The summed E-state index contributed by atoms with van der Waals surface area (Å²) in [6.45, 7) is 0.695. The third kappa shape index (κ3) is 4.95. The molecule has 1 saturated carbocycles. The molecule has 1 atom stereocenters. The summed E-state index contributed by atoms with van der Waals surface area (Å²) in [6.07, 6.45) is 6.92. The molecule has 34 heavy (non-hydrogen) atoms. The molecule has 9 nitrogen and oxygen atoms in total. The number of nitrogens with two attached hydrogens (primary N) is 1. The van der Waals surface area contributed by atoms with Crippen molar-refractivity contribution < 1.29 is 14.3 Å². The Morgan fingerprint density at radius 3 is 2.85 bits per heavy atom. The van der Waals surface area contributed by atoms with Crippen molar-refractivity contribution in [3.05, 3.63) is 47.8 Å². The molecular weight excluding hydrogens is 432 g/mol. The van der Waals surface area contributed by atoms with Crippen LogP contribution in [0.25, 0.3) is 11.0 Å². The van der Waals surface area contributed by atoms with Gasteiger partial charge in [-0.2, -0.15) is 0 Å². The lowest BCUT2D eigenvalue weighted by Crippen LogP contribution is -2.39. The number of anilines is 1. The molecule has 1 aliphatic heterocycles. The minimum absolute atomic E-state index is 0.0414. The van der Waals surface area contributed by atoms with Crippen LogP contribution in [0.1, 0.15) is 36.9 Å². The molecule has 1 unspecified atom stereocenters. The Hall–Kier alpha value is -3.30. The van der Waals surface area contributed by atoms with Gasteiger partial charge in [-0.3, -0.25) is 9.78 Å². The number of amides is 1. The van der Waals surface area contributed by atoms with E-state index in [-0.39, 0.29) is 18.6 Å². The molecule has 4 N–H and O–H groups in total. The zero-order chi connectivity index (χ0) is 23.5. The van der Waals surface area contributed by atoms with Gasteiger partial charge < -0.3 is 25.8 Å². The summed E-state index contributed by atoms with van der Waals surface area (Å²) in [4.78, 5) is 25.1. The molecule has 5 rings (SSSR count). The van der Waals surface area contributed by atoms with Crippen LogP contribution in [0.4, 0.5) is 5.82 Å². The number of carbonyl (C=O) groups excluding carboxylic acids is 1. The molecule has 1 amide bonds. The van der Waals surface area contributed by atoms with Crippen LogP contribution in [0.3, 0.4) is 0 Å². The Bertz CT molecular complexity index is 1180. The third-order valence-corrected chi connectivity index (χ3v) is 6.79. The SMILES string of the molecule is COc1ccc2nccc(CC(N)[C@H]3CC[C@H](NCc4ccc5c(n4)NC(=O)CO5)CC3)c2n1. The molecule has 0 aromatic carbocycles. The fraction of sp³-hybridized carbons (Fsp3) is 0.440.